The summed E-state index contributed by atoms with van der Waals surface area (Å²) in [4.78, 5) is 11.9. The van der Waals surface area contributed by atoms with Crippen molar-refractivity contribution >= 4 is 27.4 Å². The summed E-state index contributed by atoms with van der Waals surface area (Å²) < 4.78 is 1.11. The van der Waals surface area contributed by atoms with Gasteiger partial charge in [-0.3, -0.25) is 0 Å². The van der Waals surface area contributed by atoms with Gasteiger partial charge in [-0.25, -0.2) is 4.79 Å². The zero-order valence-corrected chi connectivity index (χ0v) is 11.4. The number of hydrogen-bond acceptors (Lipinski definition) is 2. The molecule has 1 aliphatic carbocycles. The zero-order valence-electron chi connectivity index (χ0n) is 10.6. The fourth-order valence-electron chi connectivity index (χ4n) is 2.43. The fourth-order valence-corrected chi connectivity index (χ4v) is 3.54. The molecule has 2 aromatic rings. The lowest BCUT2D eigenvalue weighted by atomic mass is 9.98. The quantitative estimate of drug-likeness (QED) is 0.875. The number of aromatic carboxylic acids is 1. The van der Waals surface area contributed by atoms with Crippen LogP contribution < -0.4 is 0 Å². The largest absolute Gasteiger partial charge is 0.477 e. The zero-order chi connectivity index (χ0) is 12.9. The normalized spacial score (nSPS) is 15.5. The van der Waals surface area contributed by atoms with Gasteiger partial charge in [-0.2, -0.15) is 0 Å². The van der Waals surface area contributed by atoms with Crippen molar-refractivity contribution in [2.75, 3.05) is 0 Å². The van der Waals surface area contributed by atoms with Gasteiger partial charge in [-0.05, 0) is 53.3 Å². The molecule has 0 amide bonds. The van der Waals surface area contributed by atoms with Crippen molar-refractivity contribution in [3.05, 3.63) is 34.2 Å². The van der Waals surface area contributed by atoms with Crippen LogP contribution in [0.15, 0.2) is 18.2 Å². The Morgan fingerprint density at radius 1 is 1.39 bits per heavy atom. The Hall–Kier alpha value is -1.35. The van der Waals surface area contributed by atoms with E-state index in [4.69, 9.17) is 0 Å². The second-order valence-electron chi connectivity index (χ2n) is 5.33. The number of rotatable bonds is 3. The predicted octanol–water partition coefficient (Wildman–Crippen LogP) is 4.60. The van der Waals surface area contributed by atoms with Crippen molar-refractivity contribution in [3.63, 3.8) is 0 Å². The van der Waals surface area contributed by atoms with Crippen LogP contribution >= 0.6 is 11.3 Å². The molecule has 0 saturated heterocycles. The van der Waals surface area contributed by atoms with Gasteiger partial charge in [-0.1, -0.05) is 19.9 Å². The molecule has 1 N–H and O–H groups in total. The maximum absolute atomic E-state index is 11.4. The Bertz CT molecular complexity index is 621. The fraction of sp³-hybridized carbons (Fsp3) is 0.400. The highest BCUT2D eigenvalue weighted by molar-refractivity contribution is 7.21. The maximum Gasteiger partial charge on any atom is 0.346 e. The molecule has 1 saturated carbocycles. The van der Waals surface area contributed by atoms with E-state index in [9.17, 15) is 9.90 Å². The van der Waals surface area contributed by atoms with Gasteiger partial charge >= 0.3 is 5.97 Å². The van der Waals surface area contributed by atoms with Crippen molar-refractivity contribution in [3.8, 4) is 0 Å². The number of thiophene rings is 1. The second-order valence-corrected chi connectivity index (χ2v) is 6.39. The molecule has 0 unspecified atom stereocenters. The van der Waals surface area contributed by atoms with E-state index < -0.39 is 5.97 Å². The van der Waals surface area contributed by atoms with E-state index in [1.165, 1.54) is 22.3 Å². The number of carbonyl (C=O) groups is 1. The summed E-state index contributed by atoms with van der Waals surface area (Å²) in [6.07, 6.45) is 2.27. The Labute approximate surface area is 110 Å². The van der Waals surface area contributed by atoms with Crippen LogP contribution in [0.1, 0.15) is 59.3 Å². The van der Waals surface area contributed by atoms with Crippen LogP contribution in [0.5, 0.6) is 0 Å². The number of carboxylic acid groups (broad SMARTS) is 1. The monoisotopic (exact) mass is 260 g/mol. The Balaban J connectivity index is 2.26. The standard InChI is InChI=1S/C15H16O2S/c1-8(2)10-5-6-12-11(7-10)13(9-3-4-9)14(18-12)15(16)17/h5-9H,3-4H2,1-2H3,(H,16,17). The maximum atomic E-state index is 11.4. The second kappa shape index (κ2) is 4.09. The molecule has 0 atom stereocenters. The smallest absolute Gasteiger partial charge is 0.346 e. The van der Waals surface area contributed by atoms with Gasteiger partial charge in [-0.15, -0.1) is 11.3 Å². The third-order valence-electron chi connectivity index (χ3n) is 3.60. The Morgan fingerprint density at radius 3 is 2.67 bits per heavy atom. The van der Waals surface area contributed by atoms with Crippen LogP contribution in [0.4, 0.5) is 0 Å². The van der Waals surface area contributed by atoms with E-state index >= 15 is 0 Å². The van der Waals surface area contributed by atoms with Gasteiger partial charge in [0.05, 0.1) is 0 Å². The van der Waals surface area contributed by atoms with E-state index in [-0.39, 0.29) is 0 Å². The summed E-state index contributed by atoms with van der Waals surface area (Å²) in [5.41, 5.74) is 2.38. The topological polar surface area (TPSA) is 37.3 Å². The molecule has 2 nitrogen and oxygen atoms in total. The first-order valence-electron chi connectivity index (χ1n) is 6.37. The van der Waals surface area contributed by atoms with E-state index in [1.807, 2.05) is 0 Å². The molecule has 0 radical (unpaired) electrons. The lowest BCUT2D eigenvalue weighted by Crippen LogP contribution is -1.96. The summed E-state index contributed by atoms with van der Waals surface area (Å²) in [6.45, 7) is 4.34. The molecule has 3 rings (SSSR count). The van der Waals surface area contributed by atoms with Crippen molar-refractivity contribution in [2.24, 2.45) is 0 Å². The minimum Gasteiger partial charge on any atom is -0.477 e. The molecule has 1 aliphatic rings. The SMILES string of the molecule is CC(C)c1ccc2sc(C(=O)O)c(C3CC3)c2c1. The number of benzene rings is 1. The molecule has 0 aliphatic heterocycles. The van der Waals surface area contributed by atoms with Crippen LogP contribution in [0.3, 0.4) is 0 Å². The van der Waals surface area contributed by atoms with Crippen LogP contribution in [0.2, 0.25) is 0 Å². The predicted molar refractivity (Wildman–Crippen MR) is 74.8 cm³/mol. The minimum absolute atomic E-state index is 0.479. The Morgan fingerprint density at radius 2 is 2.11 bits per heavy atom. The molecule has 0 spiro atoms. The molecule has 1 aromatic carbocycles. The van der Waals surface area contributed by atoms with Crippen LogP contribution in [0, 0.1) is 0 Å². The molecule has 1 aromatic heterocycles. The van der Waals surface area contributed by atoms with E-state index in [1.54, 1.807) is 0 Å². The van der Waals surface area contributed by atoms with Crippen LogP contribution in [-0.2, 0) is 0 Å². The average Bonchev–Trinajstić information content (AvgIpc) is 3.08. The van der Waals surface area contributed by atoms with Crippen molar-refractivity contribution < 1.29 is 9.90 Å². The molecule has 94 valence electrons. The van der Waals surface area contributed by atoms with Gasteiger partial charge in [0.1, 0.15) is 4.88 Å². The first kappa shape index (κ1) is 11.7. The summed E-state index contributed by atoms with van der Waals surface area (Å²) >= 11 is 1.42. The van der Waals surface area contributed by atoms with Crippen molar-refractivity contribution in [1.29, 1.82) is 0 Å². The van der Waals surface area contributed by atoms with E-state index in [0.717, 1.165) is 23.1 Å². The summed E-state index contributed by atoms with van der Waals surface area (Å²) in [6, 6.07) is 6.38. The third-order valence-corrected chi connectivity index (χ3v) is 4.77. The highest BCUT2D eigenvalue weighted by Gasteiger charge is 2.31. The first-order valence-corrected chi connectivity index (χ1v) is 7.19. The van der Waals surface area contributed by atoms with Gasteiger partial charge in [0.25, 0.3) is 0 Å². The van der Waals surface area contributed by atoms with Crippen LogP contribution in [-0.4, -0.2) is 11.1 Å². The average molecular weight is 260 g/mol. The van der Waals surface area contributed by atoms with Gasteiger partial charge in [0.2, 0.25) is 0 Å². The van der Waals surface area contributed by atoms with Crippen molar-refractivity contribution in [2.45, 2.75) is 38.5 Å². The molecule has 18 heavy (non-hydrogen) atoms. The molecule has 1 fully saturated rings. The number of carboxylic acids is 1. The minimum atomic E-state index is -0.774. The number of hydrogen-bond donors (Lipinski definition) is 1. The van der Waals surface area contributed by atoms with Crippen LogP contribution in [0.25, 0.3) is 10.1 Å². The van der Waals surface area contributed by atoms with Gasteiger partial charge < -0.3 is 5.11 Å². The summed E-state index contributed by atoms with van der Waals surface area (Å²) in [7, 11) is 0. The lowest BCUT2D eigenvalue weighted by Gasteiger charge is -2.06. The molecule has 1 heterocycles. The van der Waals surface area contributed by atoms with Crippen molar-refractivity contribution in [1.82, 2.24) is 0 Å². The Kier molecular flexibility index (Phi) is 2.67. The highest BCUT2D eigenvalue weighted by atomic mass is 32.1. The molecule has 0 bridgehead atoms. The summed E-state index contributed by atoms with van der Waals surface area (Å²) in [5, 5.41) is 10.5. The van der Waals surface area contributed by atoms with E-state index in [0.29, 0.717) is 16.7 Å². The first-order chi connectivity index (χ1) is 8.58. The molecular formula is C15H16O2S. The lowest BCUT2D eigenvalue weighted by molar-refractivity contribution is 0.0701. The summed E-state index contributed by atoms with van der Waals surface area (Å²) in [5.74, 6) is 0.186. The van der Waals surface area contributed by atoms with Gasteiger partial charge in [0, 0.05) is 4.70 Å². The number of fused-ring (bicyclic) bond motifs is 1. The van der Waals surface area contributed by atoms with Gasteiger partial charge in [0.15, 0.2) is 0 Å². The molecule has 3 heteroatoms. The molecular weight excluding hydrogens is 244 g/mol. The highest BCUT2D eigenvalue weighted by Crippen LogP contribution is 2.48. The third kappa shape index (κ3) is 1.83. The van der Waals surface area contributed by atoms with E-state index in [2.05, 4.69) is 32.0 Å².